The van der Waals surface area contributed by atoms with Crippen LogP contribution >= 0.6 is 0 Å². The van der Waals surface area contributed by atoms with Gasteiger partial charge in [-0.3, -0.25) is 4.79 Å². The molecule has 0 bridgehead atoms. The summed E-state index contributed by atoms with van der Waals surface area (Å²) in [6.45, 7) is 0.657. The fraction of sp³-hybridized carbons (Fsp3) is 0.333. The molecule has 8 nitrogen and oxygen atoms in total. The number of nitrogens with zero attached hydrogens (tertiary/aromatic N) is 3. The number of urea groups is 1. The van der Waals surface area contributed by atoms with Crippen molar-refractivity contribution in [2.45, 2.75) is 25.3 Å². The predicted octanol–water partition coefficient (Wildman–Crippen LogP) is 1.06. The molecule has 1 aliphatic heterocycles. The Labute approximate surface area is 133 Å². The number of carbonyl (C=O) groups excluding carboxylic acids is 2. The lowest BCUT2D eigenvalue weighted by molar-refractivity contribution is -0.122. The zero-order valence-corrected chi connectivity index (χ0v) is 12.5. The van der Waals surface area contributed by atoms with Crippen molar-refractivity contribution in [3.8, 4) is 5.82 Å². The molecule has 120 valence electrons. The highest BCUT2D eigenvalue weighted by molar-refractivity contribution is 5.94. The van der Waals surface area contributed by atoms with Crippen molar-refractivity contribution >= 4 is 17.6 Å². The van der Waals surface area contributed by atoms with E-state index in [1.807, 2.05) is 0 Å². The van der Waals surface area contributed by atoms with Crippen LogP contribution in [0.15, 0.2) is 36.8 Å². The highest BCUT2D eigenvalue weighted by Crippen LogP contribution is 2.16. The standard InChI is InChI=1S/C15H18N6O2/c22-14-12(5-1-2-7-17-14)20-15(23)19-11-6-3-8-16-13(11)21-10-4-9-18-21/h3-4,6,8-10,12H,1-2,5,7H2,(H,17,22)(H2,19,20,23)/t12-/m1/s1. The minimum absolute atomic E-state index is 0.142. The van der Waals surface area contributed by atoms with Crippen molar-refractivity contribution in [1.82, 2.24) is 25.4 Å². The van der Waals surface area contributed by atoms with Crippen molar-refractivity contribution in [3.63, 3.8) is 0 Å². The molecule has 23 heavy (non-hydrogen) atoms. The van der Waals surface area contributed by atoms with Crippen molar-refractivity contribution in [3.05, 3.63) is 36.8 Å². The maximum atomic E-state index is 12.2. The molecule has 3 N–H and O–H groups in total. The average Bonchev–Trinajstić information content (AvgIpc) is 3.00. The molecule has 0 spiro atoms. The van der Waals surface area contributed by atoms with Gasteiger partial charge in [-0.15, -0.1) is 0 Å². The van der Waals surface area contributed by atoms with Crippen LogP contribution in [0.1, 0.15) is 19.3 Å². The Hall–Kier alpha value is -2.90. The third-order valence-corrected chi connectivity index (χ3v) is 3.60. The van der Waals surface area contributed by atoms with E-state index in [4.69, 9.17) is 0 Å². The summed E-state index contributed by atoms with van der Waals surface area (Å²) in [5.74, 6) is 0.370. The summed E-state index contributed by atoms with van der Waals surface area (Å²) in [6, 6.07) is 4.28. The summed E-state index contributed by atoms with van der Waals surface area (Å²) in [5.41, 5.74) is 0.516. The molecule has 3 rings (SSSR count). The normalized spacial score (nSPS) is 17.9. The highest BCUT2D eigenvalue weighted by atomic mass is 16.2. The Morgan fingerprint density at radius 1 is 1.30 bits per heavy atom. The molecule has 1 fully saturated rings. The van der Waals surface area contributed by atoms with Crippen LogP contribution in [0.3, 0.4) is 0 Å². The number of carbonyl (C=O) groups is 2. The molecule has 1 atom stereocenters. The largest absolute Gasteiger partial charge is 0.354 e. The molecule has 1 saturated heterocycles. The molecular formula is C15H18N6O2. The Balaban J connectivity index is 1.70. The van der Waals surface area contributed by atoms with E-state index in [1.165, 1.54) is 0 Å². The van der Waals surface area contributed by atoms with Crippen LogP contribution in [0.2, 0.25) is 0 Å². The first-order valence-electron chi connectivity index (χ1n) is 7.54. The molecule has 1 aliphatic rings. The Bertz CT molecular complexity index is 685. The minimum atomic E-state index is -0.512. The summed E-state index contributed by atoms with van der Waals surface area (Å²) in [5, 5.41) is 12.3. The minimum Gasteiger partial charge on any atom is -0.354 e. The van der Waals surface area contributed by atoms with Gasteiger partial charge < -0.3 is 16.0 Å². The second kappa shape index (κ2) is 6.91. The quantitative estimate of drug-likeness (QED) is 0.788. The van der Waals surface area contributed by atoms with E-state index in [-0.39, 0.29) is 5.91 Å². The molecule has 0 saturated carbocycles. The molecule has 0 aliphatic carbocycles. The Kier molecular flexibility index (Phi) is 4.51. The number of amides is 3. The summed E-state index contributed by atoms with van der Waals surface area (Å²) in [7, 11) is 0. The summed E-state index contributed by atoms with van der Waals surface area (Å²) < 4.78 is 1.56. The van der Waals surface area contributed by atoms with Gasteiger partial charge >= 0.3 is 6.03 Å². The van der Waals surface area contributed by atoms with Gasteiger partial charge in [-0.25, -0.2) is 14.5 Å². The Morgan fingerprint density at radius 2 is 2.22 bits per heavy atom. The van der Waals surface area contributed by atoms with Crippen LogP contribution in [0.5, 0.6) is 0 Å². The third-order valence-electron chi connectivity index (χ3n) is 3.60. The second-order valence-electron chi connectivity index (χ2n) is 5.26. The topological polar surface area (TPSA) is 101 Å². The van der Waals surface area contributed by atoms with Crippen LogP contribution in [-0.4, -0.2) is 39.3 Å². The van der Waals surface area contributed by atoms with Crippen molar-refractivity contribution in [2.24, 2.45) is 0 Å². The molecule has 3 amide bonds. The number of nitrogens with one attached hydrogen (secondary N) is 3. The van der Waals surface area contributed by atoms with E-state index in [2.05, 4.69) is 26.0 Å². The number of hydrogen-bond acceptors (Lipinski definition) is 4. The van der Waals surface area contributed by atoms with Gasteiger partial charge in [0, 0.05) is 25.1 Å². The van der Waals surface area contributed by atoms with E-state index < -0.39 is 12.1 Å². The number of aromatic nitrogens is 3. The summed E-state index contributed by atoms with van der Waals surface area (Å²) in [6.07, 6.45) is 7.46. The second-order valence-corrected chi connectivity index (χ2v) is 5.26. The van der Waals surface area contributed by atoms with Gasteiger partial charge in [0.05, 0.1) is 5.69 Å². The number of anilines is 1. The lowest BCUT2D eigenvalue weighted by atomic mass is 10.1. The van der Waals surface area contributed by atoms with Gasteiger partial charge in [-0.1, -0.05) is 0 Å². The lowest BCUT2D eigenvalue weighted by Crippen LogP contribution is -2.47. The average molecular weight is 314 g/mol. The molecule has 8 heteroatoms. The fourth-order valence-corrected chi connectivity index (χ4v) is 2.46. The highest BCUT2D eigenvalue weighted by Gasteiger charge is 2.22. The van der Waals surface area contributed by atoms with Gasteiger partial charge in [-0.2, -0.15) is 5.10 Å². The monoisotopic (exact) mass is 314 g/mol. The molecule has 0 radical (unpaired) electrons. The van der Waals surface area contributed by atoms with Gasteiger partial charge in [0.15, 0.2) is 5.82 Å². The zero-order valence-electron chi connectivity index (χ0n) is 12.5. The molecular weight excluding hydrogens is 296 g/mol. The van der Waals surface area contributed by atoms with Gasteiger partial charge in [-0.05, 0) is 37.5 Å². The Morgan fingerprint density at radius 3 is 3.04 bits per heavy atom. The SMILES string of the molecule is O=C(Nc1cccnc1-n1cccn1)N[C@@H]1CCCCNC1=O. The van der Waals surface area contributed by atoms with E-state index in [1.54, 1.807) is 41.5 Å². The number of rotatable bonds is 3. The van der Waals surface area contributed by atoms with Crippen LogP contribution in [0.25, 0.3) is 5.82 Å². The first-order chi connectivity index (χ1) is 11.2. The van der Waals surface area contributed by atoms with Crippen LogP contribution in [0.4, 0.5) is 10.5 Å². The zero-order chi connectivity index (χ0) is 16.1. The van der Waals surface area contributed by atoms with E-state index in [0.717, 1.165) is 12.8 Å². The molecule has 3 heterocycles. The van der Waals surface area contributed by atoms with Crippen LogP contribution in [-0.2, 0) is 4.79 Å². The molecule has 0 unspecified atom stereocenters. The first kappa shape index (κ1) is 15.0. The number of pyridine rings is 1. The van der Waals surface area contributed by atoms with E-state index in [9.17, 15) is 9.59 Å². The summed E-state index contributed by atoms with van der Waals surface area (Å²) in [4.78, 5) is 28.3. The van der Waals surface area contributed by atoms with Crippen LogP contribution in [0, 0.1) is 0 Å². The van der Waals surface area contributed by atoms with E-state index >= 15 is 0 Å². The van der Waals surface area contributed by atoms with Crippen molar-refractivity contribution < 1.29 is 9.59 Å². The number of hydrogen-bond donors (Lipinski definition) is 3. The van der Waals surface area contributed by atoms with E-state index in [0.29, 0.717) is 24.5 Å². The van der Waals surface area contributed by atoms with Gasteiger partial charge in [0.2, 0.25) is 5.91 Å². The van der Waals surface area contributed by atoms with Crippen LogP contribution < -0.4 is 16.0 Å². The van der Waals surface area contributed by atoms with Gasteiger partial charge in [0.25, 0.3) is 0 Å². The summed E-state index contributed by atoms with van der Waals surface area (Å²) >= 11 is 0. The molecule has 2 aromatic rings. The third kappa shape index (κ3) is 3.65. The fourth-order valence-electron chi connectivity index (χ4n) is 2.46. The van der Waals surface area contributed by atoms with Gasteiger partial charge in [0.1, 0.15) is 6.04 Å². The lowest BCUT2D eigenvalue weighted by Gasteiger charge is -2.16. The molecule has 2 aromatic heterocycles. The predicted molar refractivity (Wildman–Crippen MR) is 84.2 cm³/mol. The molecule has 0 aromatic carbocycles. The van der Waals surface area contributed by atoms with Crippen molar-refractivity contribution in [1.29, 1.82) is 0 Å². The first-order valence-corrected chi connectivity index (χ1v) is 7.54. The maximum absolute atomic E-state index is 12.2. The van der Waals surface area contributed by atoms with Crippen molar-refractivity contribution in [2.75, 3.05) is 11.9 Å². The smallest absolute Gasteiger partial charge is 0.319 e. The maximum Gasteiger partial charge on any atom is 0.319 e.